The standard InChI is InChI=1S/C15H18N6/c1-20(2)13-5-3-11(4-6-13)10-17-12-7-8-21-14(9-12)18-15(16)19-21/h3-9,17H,10H2,1-2H3,(H2,16,19). The molecule has 3 N–H and O–H groups in total. The fourth-order valence-electron chi connectivity index (χ4n) is 2.12. The van der Waals surface area contributed by atoms with Crippen LogP contribution in [0.2, 0.25) is 0 Å². The Bertz CT molecular complexity index is 744. The zero-order valence-electron chi connectivity index (χ0n) is 12.1. The van der Waals surface area contributed by atoms with Gasteiger partial charge in [0.25, 0.3) is 0 Å². The molecule has 0 aliphatic rings. The van der Waals surface area contributed by atoms with Gasteiger partial charge in [-0.2, -0.15) is 4.98 Å². The van der Waals surface area contributed by atoms with Crippen LogP contribution in [0.1, 0.15) is 5.56 Å². The highest BCUT2D eigenvalue weighted by Gasteiger charge is 2.01. The van der Waals surface area contributed by atoms with Crippen LogP contribution in [0.25, 0.3) is 5.65 Å². The maximum Gasteiger partial charge on any atom is 0.240 e. The first-order valence-electron chi connectivity index (χ1n) is 6.74. The largest absolute Gasteiger partial charge is 0.381 e. The van der Waals surface area contributed by atoms with Gasteiger partial charge in [0.2, 0.25) is 5.95 Å². The van der Waals surface area contributed by atoms with E-state index >= 15 is 0 Å². The van der Waals surface area contributed by atoms with Gasteiger partial charge < -0.3 is 16.0 Å². The Morgan fingerprint density at radius 1 is 1.19 bits per heavy atom. The predicted molar refractivity (Wildman–Crippen MR) is 85.5 cm³/mol. The van der Waals surface area contributed by atoms with Crippen molar-refractivity contribution in [2.45, 2.75) is 6.54 Å². The van der Waals surface area contributed by atoms with Crippen molar-refractivity contribution in [1.29, 1.82) is 0 Å². The Kier molecular flexibility index (Phi) is 3.35. The van der Waals surface area contributed by atoms with Crippen molar-refractivity contribution >= 4 is 23.0 Å². The van der Waals surface area contributed by atoms with Gasteiger partial charge in [0, 0.05) is 44.3 Å². The molecule has 0 atom stereocenters. The van der Waals surface area contributed by atoms with Crippen molar-refractivity contribution in [2.24, 2.45) is 0 Å². The molecule has 0 amide bonds. The van der Waals surface area contributed by atoms with E-state index in [1.165, 1.54) is 11.3 Å². The van der Waals surface area contributed by atoms with Crippen LogP contribution in [0.5, 0.6) is 0 Å². The molecule has 0 fully saturated rings. The van der Waals surface area contributed by atoms with E-state index in [1.807, 2.05) is 32.4 Å². The van der Waals surface area contributed by atoms with Crippen LogP contribution in [-0.4, -0.2) is 28.7 Å². The SMILES string of the molecule is CN(C)c1ccc(CNc2ccn3nc(N)nc3c2)cc1. The summed E-state index contributed by atoms with van der Waals surface area (Å²) in [5.74, 6) is 0.284. The van der Waals surface area contributed by atoms with Crippen LogP contribution in [0.4, 0.5) is 17.3 Å². The van der Waals surface area contributed by atoms with Crippen molar-refractivity contribution in [3.05, 3.63) is 48.2 Å². The summed E-state index contributed by atoms with van der Waals surface area (Å²) in [5.41, 5.74) is 9.72. The second-order valence-electron chi connectivity index (χ2n) is 5.10. The van der Waals surface area contributed by atoms with E-state index in [0.29, 0.717) is 0 Å². The maximum absolute atomic E-state index is 5.58. The number of nitrogens with one attached hydrogen (secondary N) is 1. The lowest BCUT2D eigenvalue weighted by molar-refractivity contribution is 0.966. The minimum absolute atomic E-state index is 0.284. The Hall–Kier alpha value is -2.76. The Balaban J connectivity index is 1.70. The number of pyridine rings is 1. The van der Waals surface area contributed by atoms with Crippen molar-refractivity contribution in [2.75, 3.05) is 30.0 Å². The molecule has 0 radical (unpaired) electrons. The number of benzene rings is 1. The maximum atomic E-state index is 5.58. The van der Waals surface area contributed by atoms with Gasteiger partial charge in [-0.1, -0.05) is 12.1 Å². The van der Waals surface area contributed by atoms with Crippen LogP contribution in [0.3, 0.4) is 0 Å². The van der Waals surface area contributed by atoms with Crippen LogP contribution in [0.15, 0.2) is 42.6 Å². The summed E-state index contributed by atoms with van der Waals surface area (Å²) in [6, 6.07) is 12.3. The first-order valence-corrected chi connectivity index (χ1v) is 6.74. The fourth-order valence-corrected chi connectivity index (χ4v) is 2.12. The van der Waals surface area contributed by atoms with E-state index in [-0.39, 0.29) is 5.95 Å². The van der Waals surface area contributed by atoms with E-state index in [1.54, 1.807) is 4.52 Å². The Labute approximate surface area is 123 Å². The molecule has 6 heteroatoms. The second kappa shape index (κ2) is 5.32. The molecule has 2 heterocycles. The lowest BCUT2D eigenvalue weighted by Crippen LogP contribution is -2.08. The lowest BCUT2D eigenvalue weighted by Gasteiger charge is -2.13. The molecule has 0 saturated heterocycles. The first-order chi connectivity index (χ1) is 10.1. The number of rotatable bonds is 4. The number of hydrogen-bond acceptors (Lipinski definition) is 5. The van der Waals surface area contributed by atoms with Crippen molar-refractivity contribution < 1.29 is 0 Å². The van der Waals surface area contributed by atoms with E-state index in [2.05, 4.69) is 44.6 Å². The zero-order chi connectivity index (χ0) is 14.8. The van der Waals surface area contributed by atoms with E-state index < -0.39 is 0 Å². The predicted octanol–water partition coefficient (Wildman–Crippen LogP) is 1.99. The van der Waals surface area contributed by atoms with E-state index in [4.69, 9.17) is 5.73 Å². The minimum atomic E-state index is 0.284. The van der Waals surface area contributed by atoms with Crippen molar-refractivity contribution in [3.63, 3.8) is 0 Å². The van der Waals surface area contributed by atoms with Crippen molar-refractivity contribution in [3.8, 4) is 0 Å². The number of aromatic nitrogens is 3. The third-order valence-electron chi connectivity index (χ3n) is 3.30. The summed E-state index contributed by atoms with van der Waals surface area (Å²) in [7, 11) is 4.07. The minimum Gasteiger partial charge on any atom is -0.381 e. The molecule has 0 unspecified atom stereocenters. The Morgan fingerprint density at radius 3 is 2.67 bits per heavy atom. The summed E-state index contributed by atoms with van der Waals surface area (Å²) >= 11 is 0. The van der Waals surface area contributed by atoms with Gasteiger partial charge in [-0.25, -0.2) is 4.52 Å². The molecule has 108 valence electrons. The summed E-state index contributed by atoms with van der Waals surface area (Å²) < 4.78 is 1.66. The molecule has 1 aromatic carbocycles. The summed E-state index contributed by atoms with van der Waals surface area (Å²) in [6.07, 6.45) is 1.84. The highest BCUT2D eigenvalue weighted by Crippen LogP contribution is 2.15. The highest BCUT2D eigenvalue weighted by molar-refractivity contribution is 5.55. The van der Waals surface area contributed by atoms with Gasteiger partial charge in [-0.3, -0.25) is 0 Å². The quantitative estimate of drug-likeness (QED) is 0.765. The normalized spacial score (nSPS) is 10.8. The third kappa shape index (κ3) is 2.89. The number of hydrogen-bond donors (Lipinski definition) is 2. The van der Waals surface area contributed by atoms with Crippen LogP contribution in [-0.2, 0) is 6.54 Å². The molecule has 2 aromatic heterocycles. The fraction of sp³-hybridized carbons (Fsp3) is 0.200. The third-order valence-corrected chi connectivity index (χ3v) is 3.30. The average molecular weight is 282 g/mol. The van der Waals surface area contributed by atoms with E-state index in [0.717, 1.165) is 17.9 Å². The van der Waals surface area contributed by atoms with Gasteiger partial charge in [-0.05, 0) is 23.8 Å². The lowest BCUT2D eigenvalue weighted by atomic mass is 10.2. The van der Waals surface area contributed by atoms with Gasteiger partial charge in [0.15, 0.2) is 5.65 Å². The van der Waals surface area contributed by atoms with Crippen LogP contribution in [0, 0.1) is 0 Å². The topological polar surface area (TPSA) is 71.5 Å². The number of nitrogen functional groups attached to an aromatic ring is 1. The molecule has 3 rings (SSSR count). The van der Waals surface area contributed by atoms with Gasteiger partial charge in [0.05, 0.1) is 0 Å². The summed E-state index contributed by atoms with van der Waals surface area (Å²) in [5, 5.41) is 7.43. The molecular weight excluding hydrogens is 264 g/mol. The average Bonchev–Trinajstić information content (AvgIpc) is 2.84. The summed E-state index contributed by atoms with van der Waals surface area (Å²) in [4.78, 5) is 6.23. The number of anilines is 3. The molecule has 3 aromatic rings. The Morgan fingerprint density at radius 2 is 1.95 bits per heavy atom. The number of nitrogens with two attached hydrogens (primary N) is 1. The molecule has 6 nitrogen and oxygen atoms in total. The van der Waals surface area contributed by atoms with E-state index in [9.17, 15) is 0 Å². The van der Waals surface area contributed by atoms with Gasteiger partial charge in [0.1, 0.15) is 0 Å². The van der Waals surface area contributed by atoms with Gasteiger partial charge in [-0.15, -0.1) is 5.10 Å². The van der Waals surface area contributed by atoms with Crippen LogP contribution < -0.4 is 16.0 Å². The molecule has 21 heavy (non-hydrogen) atoms. The number of fused-ring (bicyclic) bond motifs is 1. The smallest absolute Gasteiger partial charge is 0.240 e. The molecule has 0 bridgehead atoms. The molecule has 0 saturated carbocycles. The molecule has 0 aliphatic heterocycles. The summed E-state index contributed by atoms with van der Waals surface area (Å²) in [6.45, 7) is 0.757. The van der Waals surface area contributed by atoms with Crippen LogP contribution >= 0.6 is 0 Å². The van der Waals surface area contributed by atoms with Crippen molar-refractivity contribution in [1.82, 2.24) is 14.6 Å². The monoisotopic (exact) mass is 282 g/mol. The zero-order valence-corrected chi connectivity index (χ0v) is 12.1. The molecule has 0 aliphatic carbocycles. The first kappa shape index (κ1) is 13.2. The molecular formula is C15H18N6. The number of nitrogens with zero attached hydrogens (tertiary/aromatic N) is 4. The second-order valence-corrected chi connectivity index (χ2v) is 5.10. The molecule has 0 spiro atoms. The highest BCUT2D eigenvalue weighted by atomic mass is 15.3. The van der Waals surface area contributed by atoms with Gasteiger partial charge >= 0.3 is 0 Å².